The van der Waals surface area contributed by atoms with Crippen LogP contribution in [0.2, 0.25) is 0 Å². The third kappa shape index (κ3) is 13.3. The molecular formula is C118H94N8. The molecule has 6 heterocycles. The van der Waals surface area contributed by atoms with E-state index in [9.17, 15) is 0 Å². The van der Waals surface area contributed by atoms with Gasteiger partial charge in [0.1, 0.15) is 5.82 Å². The number of hydrogen-bond donors (Lipinski definition) is 0. The van der Waals surface area contributed by atoms with Gasteiger partial charge in [-0.15, -0.1) is 0 Å². The number of fused-ring (bicyclic) bond motifs is 13. The summed E-state index contributed by atoms with van der Waals surface area (Å²) < 4.78 is 9.97. The van der Waals surface area contributed by atoms with E-state index >= 15 is 0 Å². The van der Waals surface area contributed by atoms with Gasteiger partial charge < -0.3 is 18.3 Å². The molecule has 8 nitrogen and oxygen atoms in total. The average Bonchev–Trinajstić information content (AvgIpc) is 1.07. The summed E-state index contributed by atoms with van der Waals surface area (Å²) >= 11 is 0. The first-order valence-corrected chi connectivity index (χ1v) is 45.3. The summed E-state index contributed by atoms with van der Waals surface area (Å²) in [6.07, 6.45) is 15.3. The van der Waals surface area contributed by atoms with Crippen LogP contribution in [0.25, 0.3) is 161 Å². The molecule has 126 heavy (non-hydrogen) atoms. The minimum atomic E-state index is 0.183. The van der Waals surface area contributed by atoms with Crippen LogP contribution in [-0.2, 0) is 11.0 Å². The fraction of sp³-hybridized carbons (Fsp3) is 0.153. The van der Waals surface area contributed by atoms with Crippen molar-refractivity contribution in [1.29, 1.82) is 0 Å². The third-order valence-corrected chi connectivity index (χ3v) is 29.0. The Labute approximate surface area is 734 Å². The summed E-state index contributed by atoms with van der Waals surface area (Å²) in [7, 11) is 0. The molecule has 0 radical (unpaired) electrons. The number of aromatic nitrogens is 8. The molecule has 15 aromatic carbocycles. The van der Waals surface area contributed by atoms with E-state index in [-0.39, 0.29) is 11.0 Å². The largest absolute Gasteiger partial charge is 0.341 e. The lowest BCUT2D eigenvalue weighted by molar-refractivity contribution is -0.0606. The van der Waals surface area contributed by atoms with Gasteiger partial charge in [-0.3, -0.25) is 0 Å². The summed E-state index contributed by atoms with van der Waals surface area (Å²) in [5.41, 5.74) is 27.3. The molecule has 0 aliphatic heterocycles. The number of para-hydroxylation sites is 7. The second kappa shape index (κ2) is 31.3. The molecule has 6 unspecified atom stereocenters. The molecule has 28 rings (SSSR count). The Morgan fingerprint density at radius 1 is 0.262 bits per heavy atom. The van der Waals surface area contributed by atoms with E-state index in [1.807, 2.05) is 24.3 Å². The molecule has 7 saturated carbocycles. The highest BCUT2D eigenvalue weighted by atomic mass is 15.1. The maximum absolute atomic E-state index is 5.13. The van der Waals surface area contributed by atoms with Gasteiger partial charge in [-0.05, 0) is 218 Å². The van der Waals surface area contributed by atoms with Crippen molar-refractivity contribution in [2.24, 2.45) is 23.7 Å². The Hall–Kier alpha value is -14.6. The molecule has 0 N–H and O–H groups in total. The van der Waals surface area contributed by atoms with E-state index in [1.54, 1.807) is 5.56 Å². The standard InChI is InChI=1S/C42H36N2.C41H34N4.C35H24N2/c1-2-10-31(11-3-1)37-27-43(38-15-7-4-14-36(37)38)42-25-29-22-30(26-42)24-41(23-29,28-42)32-18-20-33(21-19-32)44-39-16-8-5-12-34(39)35-13-6-9-17-40(35)44;1-3-11-28(12-4-1)39-42-40(29-13-5-2-6-14-29)44-41(43-39)36-26-30-19-20-31(36)25-35(30)27-21-23-32(24-22-27)45-37-17-9-7-15-33(37)34-16-8-10-18-38(34)45;1-3-11-26(12-4-1)32-23-28(24-33(36-32)27-13-5-2-6-14-27)25-19-21-29(22-20-25)37-34-17-9-7-15-30(34)31-16-8-10-18-35(31)37/h1-21,27,29-30H,22-26,28H2;1-18,21-24,30-31,35-36H,19-20,25-26H2;1-24H. The lowest BCUT2D eigenvalue weighted by Gasteiger charge is -2.63. The molecule has 6 aromatic heterocycles. The topological polar surface area (TPSA) is 71.3 Å². The minimum absolute atomic E-state index is 0.183. The van der Waals surface area contributed by atoms with Crippen molar-refractivity contribution in [1.82, 2.24) is 38.2 Å². The fourth-order valence-electron chi connectivity index (χ4n) is 23.9. The van der Waals surface area contributed by atoms with Gasteiger partial charge in [-0.1, -0.05) is 315 Å². The monoisotopic (exact) mass is 1620 g/mol. The van der Waals surface area contributed by atoms with E-state index < -0.39 is 0 Å². The quantitative estimate of drug-likeness (QED) is 0.115. The summed E-state index contributed by atoms with van der Waals surface area (Å²) in [4.78, 5) is 20.2. The van der Waals surface area contributed by atoms with Crippen LogP contribution in [0.1, 0.15) is 93.0 Å². The van der Waals surface area contributed by atoms with Crippen LogP contribution in [0.5, 0.6) is 0 Å². The highest BCUT2D eigenvalue weighted by Crippen LogP contribution is 2.66. The SMILES string of the molecule is c1ccc(-c2cc(-c3ccc(-n4c5ccccc5c5ccccc54)cc3)cc(-c3ccccc3)n2)cc1.c1ccc(-c2cn(C34CC5CC(CC(c6ccc(-n7c8ccccc8c8ccccc87)cc6)(C5)C3)C4)c3ccccc23)cc1.c1ccc(-c2nc(-c3ccccc3)nc(C3CC4CCC3CC4c3ccc(-n4c5ccccc5c5ccccc54)cc3)n2)cc1. The van der Waals surface area contributed by atoms with Crippen molar-refractivity contribution in [3.8, 4) is 84.6 Å². The van der Waals surface area contributed by atoms with Gasteiger partial charge in [0.15, 0.2) is 11.6 Å². The van der Waals surface area contributed by atoms with Gasteiger partial charge in [-0.2, -0.15) is 0 Å². The molecule has 7 aliphatic carbocycles. The van der Waals surface area contributed by atoms with Crippen LogP contribution < -0.4 is 0 Å². The maximum atomic E-state index is 5.13. The first-order chi connectivity index (χ1) is 62.3. The van der Waals surface area contributed by atoms with Crippen LogP contribution in [0.4, 0.5) is 0 Å². The second-order valence-electron chi connectivity index (χ2n) is 36.3. The predicted octanol–water partition coefficient (Wildman–Crippen LogP) is 29.8. The van der Waals surface area contributed by atoms with Gasteiger partial charge >= 0.3 is 0 Å². The smallest absolute Gasteiger partial charge is 0.163 e. The Balaban J connectivity index is 0.000000106. The number of pyridine rings is 1. The van der Waals surface area contributed by atoms with Crippen molar-refractivity contribution < 1.29 is 0 Å². The van der Waals surface area contributed by atoms with Crippen molar-refractivity contribution >= 4 is 76.3 Å². The Morgan fingerprint density at radius 2 is 0.611 bits per heavy atom. The van der Waals surface area contributed by atoms with Crippen molar-refractivity contribution in [2.45, 2.75) is 87.0 Å². The Morgan fingerprint density at radius 3 is 1.02 bits per heavy atom. The van der Waals surface area contributed by atoms with E-state index in [4.69, 9.17) is 19.9 Å². The third-order valence-electron chi connectivity index (χ3n) is 29.0. The minimum Gasteiger partial charge on any atom is -0.341 e. The summed E-state index contributed by atoms with van der Waals surface area (Å²) in [5.74, 6) is 6.28. The number of nitrogens with zero attached hydrogens (tertiary/aromatic N) is 8. The molecule has 6 atom stereocenters. The highest BCUT2D eigenvalue weighted by Gasteiger charge is 2.59. The predicted molar refractivity (Wildman–Crippen MR) is 520 cm³/mol. The maximum Gasteiger partial charge on any atom is 0.163 e. The van der Waals surface area contributed by atoms with Crippen molar-refractivity contribution in [3.63, 3.8) is 0 Å². The number of hydrogen-bond acceptors (Lipinski definition) is 4. The molecule has 0 amide bonds. The molecule has 7 fully saturated rings. The Kier molecular flexibility index (Phi) is 18.7. The molecule has 6 bridgehead atoms. The van der Waals surface area contributed by atoms with E-state index in [0.717, 1.165) is 80.6 Å². The van der Waals surface area contributed by atoms with Gasteiger partial charge in [0.2, 0.25) is 0 Å². The molecule has 0 spiro atoms. The van der Waals surface area contributed by atoms with Crippen LogP contribution >= 0.6 is 0 Å². The average molecular weight is 1620 g/mol. The normalized spacial score (nSPS) is 19.8. The summed E-state index contributed by atoms with van der Waals surface area (Å²) in [5, 5.41) is 9.19. The lowest BCUT2D eigenvalue weighted by atomic mass is 9.45. The highest BCUT2D eigenvalue weighted by molar-refractivity contribution is 6.11. The van der Waals surface area contributed by atoms with Gasteiger partial charge in [0.25, 0.3) is 0 Å². The molecule has 0 saturated heterocycles. The van der Waals surface area contributed by atoms with Crippen molar-refractivity contribution in [2.75, 3.05) is 0 Å². The molecule has 8 heteroatoms. The lowest BCUT2D eigenvalue weighted by Crippen LogP contribution is -2.58. The zero-order chi connectivity index (χ0) is 83.2. The summed E-state index contributed by atoms with van der Waals surface area (Å²) in [6.45, 7) is 0. The van der Waals surface area contributed by atoms with Gasteiger partial charge in [-0.25, -0.2) is 19.9 Å². The van der Waals surface area contributed by atoms with Crippen LogP contribution in [0, 0.1) is 23.7 Å². The number of rotatable bonds is 13. The fourth-order valence-corrected chi connectivity index (χ4v) is 23.9. The van der Waals surface area contributed by atoms with Gasteiger partial charge in [0.05, 0.1) is 44.5 Å². The zero-order valence-electron chi connectivity index (χ0n) is 70.4. The van der Waals surface area contributed by atoms with Crippen LogP contribution in [0.3, 0.4) is 0 Å². The van der Waals surface area contributed by atoms with Gasteiger partial charge in [0, 0.05) is 106 Å². The first kappa shape index (κ1) is 75.2. The molecular weight excluding hydrogens is 1530 g/mol. The Bertz CT molecular complexity index is 7330. The van der Waals surface area contributed by atoms with Crippen molar-refractivity contribution in [3.05, 3.63) is 430 Å². The number of benzene rings is 15. The zero-order valence-corrected chi connectivity index (χ0v) is 70.4. The van der Waals surface area contributed by atoms with Crippen LogP contribution in [-0.4, -0.2) is 38.2 Å². The summed E-state index contributed by atoms with van der Waals surface area (Å²) in [6, 6.07) is 147. The molecule has 21 aromatic rings. The van der Waals surface area contributed by atoms with Crippen LogP contribution in [0.15, 0.2) is 413 Å². The molecule has 7 aliphatic rings. The first-order valence-electron chi connectivity index (χ1n) is 45.3. The van der Waals surface area contributed by atoms with E-state index in [0.29, 0.717) is 23.7 Å². The van der Waals surface area contributed by atoms with E-state index in [1.165, 1.54) is 168 Å². The second-order valence-corrected chi connectivity index (χ2v) is 36.3. The van der Waals surface area contributed by atoms with E-state index in [2.05, 4.69) is 407 Å². The molecule has 606 valence electrons.